The van der Waals surface area contributed by atoms with Gasteiger partial charge < -0.3 is 5.32 Å². The van der Waals surface area contributed by atoms with E-state index >= 15 is 0 Å². The van der Waals surface area contributed by atoms with Crippen molar-refractivity contribution in [3.63, 3.8) is 0 Å². The van der Waals surface area contributed by atoms with E-state index in [1.165, 1.54) is 10.4 Å². The summed E-state index contributed by atoms with van der Waals surface area (Å²) in [5.74, 6) is 2.71. The number of nitrogens with zero attached hydrogens (tertiary/aromatic N) is 3. The topological polar surface area (TPSA) is 48.5 Å². The van der Waals surface area contributed by atoms with Crippen molar-refractivity contribution in [2.24, 2.45) is 0 Å². The number of rotatable bonds is 5. The number of hydrogen-bond acceptors (Lipinski definition) is 5. The van der Waals surface area contributed by atoms with Crippen LogP contribution in [0.2, 0.25) is 0 Å². The molecule has 1 saturated heterocycles. The van der Waals surface area contributed by atoms with Gasteiger partial charge in [0.2, 0.25) is 5.91 Å². The third-order valence-electron chi connectivity index (χ3n) is 5.50. The van der Waals surface area contributed by atoms with Crippen molar-refractivity contribution in [3.8, 4) is 12.3 Å². The highest BCUT2D eigenvalue weighted by molar-refractivity contribution is 7.15. The van der Waals surface area contributed by atoms with Crippen LogP contribution in [0.15, 0.2) is 30.3 Å². The number of terminal acetylenes is 1. The van der Waals surface area contributed by atoms with Crippen molar-refractivity contribution in [3.05, 3.63) is 46.5 Å². The number of thiazole rings is 1. The lowest BCUT2D eigenvalue weighted by molar-refractivity contribution is -0.122. The number of carbonyl (C=O) groups excluding carboxylic acids is 1. The molecule has 6 heteroatoms. The second-order valence-electron chi connectivity index (χ2n) is 7.51. The van der Waals surface area contributed by atoms with Crippen molar-refractivity contribution in [2.75, 3.05) is 25.0 Å². The number of nitrogens with one attached hydrogen (secondary N) is 1. The molecular weight excluding hydrogens is 368 g/mol. The van der Waals surface area contributed by atoms with Gasteiger partial charge in [-0.1, -0.05) is 42.7 Å². The summed E-state index contributed by atoms with van der Waals surface area (Å²) in [5, 5.41) is 3.79. The molecule has 0 spiro atoms. The Bertz CT molecular complexity index is 857. The first kappa shape index (κ1) is 19.1. The molecule has 1 fully saturated rings. The molecule has 4 rings (SSSR count). The molecule has 5 nitrogen and oxygen atoms in total. The van der Waals surface area contributed by atoms with Crippen LogP contribution >= 0.6 is 11.3 Å². The molecule has 2 aliphatic heterocycles. The molecule has 0 radical (unpaired) electrons. The van der Waals surface area contributed by atoms with Crippen molar-refractivity contribution in [1.82, 2.24) is 14.8 Å². The summed E-state index contributed by atoms with van der Waals surface area (Å²) in [6.07, 6.45) is 9.44. The Morgan fingerprint density at radius 1 is 1.29 bits per heavy atom. The highest BCUT2D eigenvalue weighted by Crippen LogP contribution is 2.29. The van der Waals surface area contributed by atoms with E-state index in [9.17, 15) is 4.79 Å². The maximum atomic E-state index is 12.8. The van der Waals surface area contributed by atoms with Gasteiger partial charge in [-0.3, -0.25) is 14.6 Å². The average Bonchev–Trinajstić information content (AvgIpc) is 3.11. The number of fused-ring (bicyclic) bond motifs is 1. The minimum Gasteiger partial charge on any atom is -0.301 e. The zero-order valence-corrected chi connectivity index (χ0v) is 16.9. The Balaban J connectivity index is 1.39. The highest BCUT2D eigenvalue weighted by Gasteiger charge is 2.29. The van der Waals surface area contributed by atoms with Crippen molar-refractivity contribution < 1.29 is 4.79 Å². The van der Waals surface area contributed by atoms with E-state index in [0.717, 1.165) is 62.7 Å². The van der Waals surface area contributed by atoms with E-state index < -0.39 is 0 Å². The maximum absolute atomic E-state index is 12.8. The molecule has 2 aromatic rings. The van der Waals surface area contributed by atoms with Gasteiger partial charge in [-0.05, 0) is 24.9 Å². The van der Waals surface area contributed by atoms with Gasteiger partial charge in [0.1, 0.15) is 0 Å². The summed E-state index contributed by atoms with van der Waals surface area (Å²) >= 11 is 1.61. The Hall–Kier alpha value is -2.20. The van der Waals surface area contributed by atoms with Crippen LogP contribution in [0.4, 0.5) is 5.13 Å². The van der Waals surface area contributed by atoms with Crippen LogP contribution in [0, 0.1) is 12.3 Å². The number of piperidine rings is 1. The highest BCUT2D eigenvalue weighted by atomic mass is 32.1. The molecule has 2 aliphatic rings. The van der Waals surface area contributed by atoms with Gasteiger partial charge in [0.25, 0.3) is 0 Å². The monoisotopic (exact) mass is 394 g/mol. The van der Waals surface area contributed by atoms with Gasteiger partial charge in [0.15, 0.2) is 5.13 Å². The third kappa shape index (κ3) is 4.44. The normalized spacial score (nSPS) is 20.3. The second-order valence-corrected chi connectivity index (χ2v) is 8.59. The van der Waals surface area contributed by atoms with Gasteiger partial charge in [-0.25, -0.2) is 4.98 Å². The smallest absolute Gasteiger partial charge is 0.243 e. The Morgan fingerprint density at radius 3 is 2.96 bits per heavy atom. The number of amides is 1. The van der Waals surface area contributed by atoms with Crippen LogP contribution in [-0.2, 0) is 24.3 Å². The molecule has 3 heterocycles. The predicted molar refractivity (Wildman–Crippen MR) is 113 cm³/mol. The van der Waals surface area contributed by atoms with Crippen molar-refractivity contribution in [2.45, 2.75) is 44.8 Å². The summed E-state index contributed by atoms with van der Waals surface area (Å²) < 4.78 is 0. The summed E-state index contributed by atoms with van der Waals surface area (Å²) in [6, 6.07) is 10.4. The van der Waals surface area contributed by atoms with Crippen LogP contribution in [0.25, 0.3) is 0 Å². The molecular formula is C22H26N4OS. The lowest BCUT2D eigenvalue weighted by Crippen LogP contribution is -2.47. The van der Waals surface area contributed by atoms with Crippen molar-refractivity contribution >= 4 is 22.4 Å². The molecule has 1 atom stereocenters. The first-order chi connectivity index (χ1) is 13.7. The van der Waals surface area contributed by atoms with Gasteiger partial charge in [-0.15, -0.1) is 17.8 Å². The molecule has 0 bridgehead atoms. The Morgan fingerprint density at radius 2 is 2.14 bits per heavy atom. The van der Waals surface area contributed by atoms with E-state index in [1.807, 2.05) is 6.07 Å². The minimum absolute atomic E-state index is 0.0298. The largest absolute Gasteiger partial charge is 0.301 e. The van der Waals surface area contributed by atoms with E-state index in [4.69, 9.17) is 11.4 Å². The Labute approximate surface area is 170 Å². The molecule has 0 aliphatic carbocycles. The maximum Gasteiger partial charge on any atom is 0.243 e. The van der Waals surface area contributed by atoms with E-state index in [2.05, 4.69) is 45.3 Å². The molecule has 1 N–H and O–H groups in total. The molecule has 1 amide bonds. The molecule has 1 aromatic carbocycles. The molecule has 28 heavy (non-hydrogen) atoms. The lowest BCUT2D eigenvalue weighted by atomic mass is 10.0. The Kier molecular flexibility index (Phi) is 6.06. The van der Waals surface area contributed by atoms with E-state index in [0.29, 0.717) is 6.54 Å². The van der Waals surface area contributed by atoms with Gasteiger partial charge in [0, 0.05) is 30.9 Å². The van der Waals surface area contributed by atoms with Gasteiger partial charge >= 0.3 is 0 Å². The van der Waals surface area contributed by atoms with Crippen LogP contribution in [0.3, 0.4) is 0 Å². The zero-order chi connectivity index (χ0) is 19.3. The van der Waals surface area contributed by atoms with Gasteiger partial charge in [-0.2, -0.15) is 0 Å². The minimum atomic E-state index is -0.139. The van der Waals surface area contributed by atoms with Crippen LogP contribution in [0.5, 0.6) is 0 Å². The number of aromatic nitrogens is 1. The number of likely N-dealkylation sites (tertiary alicyclic amines) is 1. The molecule has 0 unspecified atom stereocenters. The van der Waals surface area contributed by atoms with E-state index in [1.54, 1.807) is 11.3 Å². The second kappa shape index (κ2) is 8.87. The summed E-state index contributed by atoms with van der Waals surface area (Å²) in [6.45, 7) is 4.26. The predicted octanol–water partition coefficient (Wildman–Crippen LogP) is 3.13. The molecule has 146 valence electrons. The summed E-state index contributed by atoms with van der Waals surface area (Å²) in [7, 11) is 0. The fraction of sp³-hybridized carbons (Fsp3) is 0.455. The summed E-state index contributed by atoms with van der Waals surface area (Å²) in [4.78, 5) is 23.3. The quantitative estimate of drug-likeness (QED) is 0.792. The first-order valence-electron chi connectivity index (χ1n) is 9.96. The van der Waals surface area contributed by atoms with E-state index in [-0.39, 0.29) is 11.9 Å². The van der Waals surface area contributed by atoms with Gasteiger partial charge in [0.05, 0.1) is 18.3 Å². The average molecular weight is 395 g/mol. The zero-order valence-electron chi connectivity index (χ0n) is 16.1. The number of carbonyl (C=O) groups is 1. The summed E-state index contributed by atoms with van der Waals surface area (Å²) in [5.41, 5.74) is 2.46. The lowest BCUT2D eigenvalue weighted by Gasteiger charge is -2.32. The fourth-order valence-electron chi connectivity index (χ4n) is 4.06. The number of hydrogen-bond donors (Lipinski definition) is 1. The van der Waals surface area contributed by atoms with Crippen LogP contribution in [-0.4, -0.2) is 46.4 Å². The van der Waals surface area contributed by atoms with Crippen LogP contribution < -0.4 is 5.32 Å². The fourth-order valence-corrected chi connectivity index (χ4v) is 5.12. The SMILES string of the molecule is C#CCN1CCCC[C@@H]1C(=O)Nc1nc2c(s1)CN(Cc1ccccc1)CC2. The molecule has 1 aromatic heterocycles. The number of anilines is 1. The number of benzene rings is 1. The van der Waals surface area contributed by atoms with Crippen LogP contribution in [0.1, 0.15) is 35.4 Å². The standard InChI is InChI=1S/C22H26N4OS/c1-2-12-26-13-7-6-10-19(26)21(27)24-22-23-18-11-14-25(16-20(18)28-22)15-17-8-4-3-5-9-17/h1,3-5,8-9,19H,6-7,10-16H2,(H,23,24,27)/t19-/m1/s1. The first-order valence-corrected chi connectivity index (χ1v) is 10.8. The van der Waals surface area contributed by atoms with Crippen molar-refractivity contribution in [1.29, 1.82) is 0 Å². The third-order valence-corrected chi connectivity index (χ3v) is 6.50. The molecule has 0 saturated carbocycles.